The summed E-state index contributed by atoms with van der Waals surface area (Å²) in [5, 5.41) is 10.5. The minimum absolute atomic E-state index is 0.103. The maximum Gasteiger partial charge on any atom is 0.472 e. The average molecular weight is 1260 g/mol. The van der Waals surface area contributed by atoms with Crippen LogP contribution in [0.4, 0.5) is 0 Å². The highest BCUT2D eigenvalue weighted by Crippen LogP contribution is 2.45. The first-order valence-corrected chi connectivity index (χ1v) is 37.2. The number of esters is 4. The van der Waals surface area contributed by atoms with E-state index < -0.39 is 97.5 Å². The predicted octanol–water partition coefficient (Wildman–Crippen LogP) is 18.1. The molecule has 85 heavy (non-hydrogen) atoms. The van der Waals surface area contributed by atoms with Crippen LogP contribution in [0.3, 0.4) is 0 Å². The van der Waals surface area contributed by atoms with Crippen LogP contribution in [0.15, 0.2) is 0 Å². The van der Waals surface area contributed by atoms with Crippen molar-refractivity contribution in [1.82, 2.24) is 0 Å². The summed E-state index contributed by atoms with van der Waals surface area (Å²) in [6.07, 6.45) is 36.3. The largest absolute Gasteiger partial charge is 0.472 e. The number of rotatable bonds is 63. The van der Waals surface area contributed by atoms with E-state index >= 15 is 0 Å². The Balaban J connectivity index is 5.25. The third kappa shape index (κ3) is 59.5. The van der Waals surface area contributed by atoms with Gasteiger partial charge in [-0.25, -0.2) is 9.13 Å². The van der Waals surface area contributed by atoms with Crippen LogP contribution in [-0.2, 0) is 65.4 Å². The van der Waals surface area contributed by atoms with Gasteiger partial charge in [-0.05, 0) is 49.4 Å². The molecular formula is C66H128O17P2. The standard InChI is InChI=1S/C66H128O17P2/c1-9-59(8)45-37-29-20-15-17-23-33-41-49-66(71)83-62(53-77-64(69)47-39-31-25-24-28-36-44-58(6)7)55-81-85(74,75)79-51-60(67)50-78-84(72,73)80-54-61(82-65(70)48-40-32-22-16-14-19-27-35-43-57(4)5)52-76-63(68)46-38-30-21-13-11-10-12-18-26-34-42-56(2)3/h56-62,67H,9-55H2,1-8H3,(H,72,73)(H,74,75)/t59?,60-,61-,62-/m1/s1. The van der Waals surface area contributed by atoms with Gasteiger partial charge in [-0.15, -0.1) is 0 Å². The molecule has 0 amide bonds. The summed E-state index contributed by atoms with van der Waals surface area (Å²) in [6, 6.07) is 0. The molecule has 17 nitrogen and oxygen atoms in total. The van der Waals surface area contributed by atoms with Crippen LogP contribution in [0.1, 0.15) is 319 Å². The van der Waals surface area contributed by atoms with E-state index in [4.69, 9.17) is 37.0 Å². The lowest BCUT2D eigenvalue weighted by atomic mass is 9.99. The van der Waals surface area contributed by atoms with E-state index in [1.54, 1.807) is 0 Å². The van der Waals surface area contributed by atoms with Crippen LogP contribution < -0.4 is 0 Å². The van der Waals surface area contributed by atoms with Crippen LogP contribution in [0.5, 0.6) is 0 Å². The molecule has 3 unspecified atom stereocenters. The van der Waals surface area contributed by atoms with Gasteiger partial charge >= 0.3 is 39.5 Å². The van der Waals surface area contributed by atoms with Gasteiger partial charge in [0.2, 0.25) is 0 Å². The van der Waals surface area contributed by atoms with Crippen molar-refractivity contribution in [2.75, 3.05) is 39.6 Å². The summed E-state index contributed by atoms with van der Waals surface area (Å²) in [5.74, 6) is 0.787. The fourth-order valence-corrected chi connectivity index (χ4v) is 11.3. The molecule has 0 aromatic carbocycles. The average Bonchev–Trinajstić information content (AvgIpc) is 3.62. The number of phosphoric ester groups is 2. The molecule has 0 heterocycles. The van der Waals surface area contributed by atoms with Crippen molar-refractivity contribution in [2.45, 2.75) is 337 Å². The Labute approximate surface area is 517 Å². The molecule has 19 heteroatoms. The molecule has 0 radical (unpaired) electrons. The zero-order chi connectivity index (χ0) is 63.2. The first kappa shape index (κ1) is 83.1. The predicted molar refractivity (Wildman–Crippen MR) is 340 cm³/mol. The second-order valence-corrected chi connectivity index (χ2v) is 28.4. The minimum Gasteiger partial charge on any atom is -0.462 e. The third-order valence-electron chi connectivity index (χ3n) is 15.4. The molecule has 0 fully saturated rings. The summed E-state index contributed by atoms with van der Waals surface area (Å²) < 4.78 is 68.1. The lowest BCUT2D eigenvalue weighted by molar-refractivity contribution is -0.161. The van der Waals surface area contributed by atoms with Gasteiger partial charge in [0, 0.05) is 25.7 Å². The van der Waals surface area contributed by atoms with Gasteiger partial charge in [0.15, 0.2) is 12.2 Å². The minimum atomic E-state index is -4.95. The fourth-order valence-electron chi connectivity index (χ4n) is 9.75. The quantitative estimate of drug-likeness (QED) is 0.0222. The lowest BCUT2D eigenvalue weighted by Gasteiger charge is -2.21. The second kappa shape index (κ2) is 56.1. The third-order valence-corrected chi connectivity index (χ3v) is 17.3. The van der Waals surface area contributed by atoms with Gasteiger partial charge in [0.05, 0.1) is 26.4 Å². The van der Waals surface area contributed by atoms with Crippen molar-refractivity contribution in [1.29, 1.82) is 0 Å². The van der Waals surface area contributed by atoms with Crippen LogP contribution in [-0.4, -0.2) is 96.7 Å². The van der Waals surface area contributed by atoms with Gasteiger partial charge in [-0.2, -0.15) is 0 Å². The number of phosphoric acid groups is 2. The number of carbonyl (C=O) groups excluding carboxylic acids is 4. The number of carbonyl (C=O) groups is 4. The van der Waals surface area contributed by atoms with Gasteiger partial charge in [-0.3, -0.25) is 37.3 Å². The molecule has 0 aliphatic carbocycles. The van der Waals surface area contributed by atoms with Crippen LogP contribution >= 0.6 is 15.6 Å². The molecule has 0 saturated heterocycles. The molecule has 0 aliphatic rings. The molecule has 0 aliphatic heterocycles. The first-order chi connectivity index (χ1) is 40.6. The number of unbranched alkanes of at least 4 members (excludes halogenated alkanes) is 28. The number of aliphatic hydroxyl groups is 1. The summed E-state index contributed by atoms with van der Waals surface area (Å²) in [7, 11) is -9.89. The maximum atomic E-state index is 13.0. The Morgan fingerprint density at radius 1 is 0.329 bits per heavy atom. The molecule has 504 valence electrons. The van der Waals surface area contributed by atoms with E-state index in [1.807, 2.05) is 0 Å². The van der Waals surface area contributed by atoms with E-state index in [9.17, 15) is 43.2 Å². The van der Waals surface area contributed by atoms with Gasteiger partial charge in [0.1, 0.15) is 19.3 Å². The van der Waals surface area contributed by atoms with Gasteiger partial charge in [-0.1, -0.05) is 267 Å². The molecule has 3 N–H and O–H groups in total. The fraction of sp³-hybridized carbons (Fsp3) is 0.939. The van der Waals surface area contributed by atoms with Crippen molar-refractivity contribution in [3.05, 3.63) is 0 Å². The Kier molecular flexibility index (Phi) is 54.8. The number of aliphatic hydroxyl groups excluding tert-OH is 1. The Morgan fingerprint density at radius 2 is 0.565 bits per heavy atom. The van der Waals surface area contributed by atoms with E-state index in [-0.39, 0.29) is 25.7 Å². The smallest absolute Gasteiger partial charge is 0.462 e. The molecule has 0 spiro atoms. The summed E-state index contributed by atoms with van der Waals surface area (Å²) in [6.45, 7) is 14.0. The molecule has 0 bridgehead atoms. The molecule has 0 aromatic rings. The van der Waals surface area contributed by atoms with Crippen molar-refractivity contribution in [3.8, 4) is 0 Å². The number of hydrogen-bond acceptors (Lipinski definition) is 15. The topological polar surface area (TPSA) is 237 Å². The van der Waals surface area contributed by atoms with E-state index in [0.29, 0.717) is 31.6 Å². The molecule has 6 atom stereocenters. The highest BCUT2D eigenvalue weighted by molar-refractivity contribution is 7.47. The summed E-state index contributed by atoms with van der Waals surface area (Å²) >= 11 is 0. The zero-order valence-corrected chi connectivity index (χ0v) is 57.0. The first-order valence-electron chi connectivity index (χ1n) is 34.2. The molecule has 0 rings (SSSR count). The van der Waals surface area contributed by atoms with Crippen molar-refractivity contribution in [2.24, 2.45) is 23.7 Å². The second-order valence-electron chi connectivity index (χ2n) is 25.5. The van der Waals surface area contributed by atoms with Crippen molar-refractivity contribution < 1.29 is 80.2 Å². The Bertz CT molecular complexity index is 1700. The number of ether oxygens (including phenoxy) is 4. The molecular weight excluding hydrogens is 1130 g/mol. The monoisotopic (exact) mass is 1250 g/mol. The summed E-state index contributed by atoms with van der Waals surface area (Å²) in [5.41, 5.74) is 0. The van der Waals surface area contributed by atoms with Crippen LogP contribution in [0, 0.1) is 23.7 Å². The Morgan fingerprint density at radius 3 is 0.835 bits per heavy atom. The summed E-state index contributed by atoms with van der Waals surface area (Å²) in [4.78, 5) is 72.3. The van der Waals surface area contributed by atoms with Crippen molar-refractivity contribution in [3.63, 3.8) is 0 Å². The van der Waals surface area contributed by atoms with E-state index in [1.165, 1.54) is 116 Å². The van der Waals surface area contributed by atoms with Crippen LogP contribution in [0.25, 0.3) is 0 Å². The Hall–Kier alpha value is -1.94. The highest BCUT2D eigenvalue weighted by Gasteiger charge is 2.30. The number of hydrogen-bond donors (Lipinski definition) is 3. The molecule has 0 aromatic heterocycles. The van der Waals surface area contributed by atoms with Gasteiger partial charge in [0.25, 0.3) is 0 Å². The SMILES string of the molecule is CCC(C)CCCCCCCCCCC(=O)O[C@H](COC(=O)CCCCCCCCC(C)C)COP(=O)(O)OC[C@H](O)COP(=O)(O)OC[C@@H](COC(=O)CCCCCCCCCCCCC(C)C)OC(=O)CCCCCCCCCCC(C)C. The highest BCUT2D eigenvalue weighted by atomic mass is 31.2. The normalized spacial score (nSPS) is 14.7. The van der Waals surface area contributed by atoms with Gasteiger partial charge < -0.3 is 33.8 Å². The molecule has 0 saturated carbocycles. The maximum absolute atomic E-state index is 13.0. The zero-order valence-electron chi connectivity index (χ0n) is 55.2. The lowest BCUT2D eigenvalue weighted by Crippen LogP contribution is -2.30. The van der Waals surface area contributed by atoms with E-state index in [2.05, 4.69) is 55.4 Å². The van der Waals surface area contributed by atoms with Crippen LogP contribution in [0.2, 0.25) is 0 Å². The van der Waals surface area contributed by atoms with E-state index in [0.717, 1.165) is 114 Å². The van der Waals surface area contributed by atoms with Crippen molar-refractivity contribution >= 4 is 39.5 Å².